The Morgan fingerprint density at radius 3 is 2.53 bits per heavy atom. The van der Waals surface area contributed by atoms with E-state index in [2.05, 4.69) is 4.72 Å². The second kappa shape index (κ2) is 5.14. The van der Waals surface area contributed by atoms with E-state index in [0.29, 0.717) is 11.3 Å². The lowest BCUT2D eigenvalue weighted by Crippen LogP contribution is -2.35. The molecule has 0 aliphatic rings. The highest BCUT2D eigenvalue weighted by Crippen LogP contribution is 2.21. The molecule has 1 rings (SSSR count). The van der Waals surface area contributed by atoms with Crippen LogP contribution in [0.5, 0.6) is 0 Å². The van der Waals surface area contributed by atoms with E-state index in [1.165, 1.54) is 12.1 Å². The average molecular weight is 258 g/mol. The molecule has 0 amide bonds. The van der Waals surface area contributed by atoms with Gasteiger partial charge in [-0.25, -0.2) is 13.3 Å². The molecular formula is C12H19FN2OS. The number of nitrogen functional groups attached to an aromatic ring is 1. The van der Waals surface area contributed by atoms with Gasteiger partial charge in [-0.1, -0.05) is 0 Å². The molecule has 0 fully saturated rings. The molecule has 1 aromatic carbocycles. The van der Waals surface area contributed by atoms with Crippen molar-refractivity contribution in [3.05, 3.63) is 29.6 Å². The molecule has 1 aromatic rings. The van der Waals surface area contributed by atoms with Crippen molar-refractivity contribution in [2.24, 2.45) is 0 Å². The van der Waals surface area contributed by atoms with Gasteiger partial charge in [-0.3, -0.25) is 0 Å². The second-order valence-electron chi connectivity index (χ2n) is 5.00. The van der Waals surface area contributed by atoms with Crippen molar-refractivity contribution in [3.8, 4) is 0 Å². The van der Waals surface area contributed by atoms with Crippen LogP contribution < -0.4 is 10.5 Å². The monoisotopic (exact) mass is 258 g/mol. The molecular weight excluding hydrogens is 239 g/mol. The van der Waals surface area contributed by atoms with Gasteiger partial charge in [0.05, 0.1) is 15.7 Å². The standard InChI is InChI=1S/C12H19FN2OS/c1-8(15-17(16)12(2,3)4)10-7-9(14)5-6-11(10)13/h5-8,15H,14H2,1-4H3/t8-,17?/m0/s1. The molecule has 3 N–H and O–H groups in total. The summed E-state index contributed by atoms with van der Waals surface area (Å²) in [5, 5.41) is 0. The molecule has 5 heteroatoms. The van der Waals surface area contributed by atoms with E-state index >= 15 is 0 Å². The van der Waals surface area contributed by atoms with Gasteiger partial charge in [-0.2, -0.15) is 0 Å². The average Bonchev–Trinajstić information content (AvgIpc) is 2.20. The first-order valence-electron chi connectivity index (χ1n) is 5.45. The van der Waals surface area contributed by atoms with Crippen LogP contribution in [0.15, 0.2) is 18.2 Å². The Labute approximate surface area is 104 Å². The molecule has 17 heavy (non-hydrogen) atoms. The first kappa shape index (κ1) is 14.1. The third-order valence-electron chi connectivity index (χ3n) is 2.33. The number of hydrogen-bond acceptors (Lipinski definition) is 2. The van der Waals surface area contributed by atoms with Gasteiger partial charge in [-0.15, -0.1) is 0 Å². The van der Waals surface area contributed by atoms with E-state index in [-0.39, 0.29) is 16.6 Å². The van der Waals surface area contributed by atoms with E-state index < -0.39 is 11.0 Å². The van der Waals surface area contributed by atoms with Crippen molar-refractivity contribution >= 4 is 16.7 Å². The fourth-order valence-corrected chi connectivity index (χ4v) is 2.10. The zero-order chi connectivity index (χ0) is 13.2. The Hall–Kier alpha value is -0.940. The lowest BCUT2D eigenvalue weighted by atomic mass is 10.1. The summed E-state index contributed by atoms with van der Waals surface area (Å²) in [7, 11) is -1.24. The fraction of sp³-hybridized carbons (Fsp3) is 0.500. The van der Waals surface area contributed by atoms with Crippen LogP contribution in [0.4, 0.5) is 10.1 Å². The maximum Gasteiger partial charge on any atom is 0.128 e. The van der Waals surface area contributed by atoms with Crippen LogP contribution in [0, 0.1) is 5.82 Å². The highest BCUT2D eigenvalue weighted by atomic mass is 32.2. The van der Waals surface area contributed by atoms with Crippen molar-refractivity contribution in [3.63, 3.8) is 0 Å². The quantitative estimate of drug-likeness (QED) is 0.819. The predicted molar refractivity (Wildman–Crippen MR) is 70.3 cm³/mol. The Kier molecular flexibility index (Phi) is 4.27. The summed E-state index contributed by atoms with van der Waals surface area (Å²) in [6.45, 7) is 7.34. The molecule has 96 valence electrons. The molecule has 0 aromatic heterocycles. The SMILES string of the molecule is C[C@H](NS(=O)C(C)(C)C)c1cc(N)ccc1F. The topological polar surface area (TPSA) is 55.1 Å². The van der Waals surface area contributed by atoms with Gasteiger partial charge in [0.25, 0.3) is 0 Å². The van der Waals surface area contributed by atoms with E-state index in [1.807, 2.05) is 20.8 Å². The summed E-state index contributed by atoms with van der Waals surface area (Å²) in [5.41, 5.74) is 6.54. The molecule has 0 saturated heterocycles. The van der Waals surface area contributed by atoms with Gasteiger partial charge < -0.3 is 5.73 Å². The van der Waals surface area contributed by atoms with E-state index in [9.17, 15) is 8.60 Å². The number of anilines is 1. The summed E-state index contributed by atoms with van der Waals surface area (Å²) in [6.07, 6.45) is 0. The van der Waals surface area contributed by atoms with Crippen molar-refractivity contribution in [2.45, 2.75) is 38.5 Å². The van der Waals surface area contributed by atoms with Crippen molar-refractivity contribution in [1.82, 2.24) is 4.72 Å². The van der Waals surface area contributed by atoms with Crippen LogP contribution in [0.2, 0.25) is 0 Å². The van der Waals surface area contributed by atoms with Crippen LogP contribution in [-0.2, 0) is 11.0 Å². The highest BCUT2D eigenvalue weighted by molar-refractivity contribution is 7.84. The number of nitrogens with two attached hydrogens (primary N) is 1. The molecule has 0 aliphatic heterocycles. The van der Waals surface area contributed by atoms with Crippen LogP contribution in [-0.4, -0.2) is 8.96 Å². The van der Waals surface area contributed by atoms with Gasteiger partial charge >= 0.3 is 0 Å². The van der Waals surface area contributed by atoms with Gasteiger partial charge in [0, 0.05) is 17.3 Å². The predicted octanol–water partition coefficient (Wildman–Crippen LogP) is 2.52. The Bertz CT molecular complexity index is 429. The van der Waals surface area contributed by atoms with Crippen LogP contribution >= 0.6 is 0 Å². The van der Waals surface area contributed by atoms with Crippen molar-refractivity contribution < 1.29 is 8.60 Å². The summed E-state index contributed by atoms with van der Waals surface area (Å²) < 4.78 is 28.0. The van der Waals surface area contributed by atoms with Crippen LogP contribution in [0.25, 0.3) is 0 Å². The van der Waals surface area contributed by atoms with Crippen LogP contribution in [0.3, 0.4) is 0 Å². The smallest absolute Gasteiger partial charge is 0.128 e. The van der Waals surface area contributed by atoms with E-state index in [4.69, 9.17) is 5.73 Å². The molecule has 0 bridgehead atoms. The highest BCUT2D eigenvalue weighted by Gasteiger charge is 2.22. The minimum atomic E-state index is -1.24. The maximum atomic E-state index is 13.6. The fourth-order valence-electron chi connectivity index (χ4n) is 1.29. The lowest BCUT2D eigenvalue weighted by Gasteiger charge is -2.22. The summed E-state index contributed by atoms with van der Waals surface area (Å²) in [5.74, 6) is -0.342. The number of benzene rings is 1. The minimum absolute atomic E-state index is 0.342. The summed E-state index contributed by atoms with van der Waals surface area (Å²) >= 11 is 0. The van der Waals surface area contributed by atoms with Gasteiger partial charge in [0.15, 0.2) is 0 Å². The molecule has 3 nitrogen and oxygen atoms in total. The van der Waals surface area contributed by atoms with Gasteiger partial charge in [0.2, 0.25) is 0 Å². The Balaban J connectivity index is 2.87. The normalized spacial score (nSPS) is 15.6. The third-order valence-corrected chi connectivity index (χ3v) is 4.01. The number of nitrogens with one attached hydrogen (secondary N) is 1. The second-order valence-corrected chi connectivity index (χ2v) is 7.00. The lowest BCUT2D eigenvalue weighted by molar-refractivity contribution is 0.572. The summed E-state index contributed by atoms with van der Waals surface area (Å²) in [6, 6.07) is 4.04. The van der Waals surface area contributed by atoms with Crippen molar-refractivity contribution in [1.29, 1.82) is 0 Å². The number of rotatable bonds is 3. The van der Waals surface area contributed by atoms with Gasteiger partial charge in [0.1, 0.15) is 5.82 Å². The molecule has 1 unspecified atom stereocenters. The molecule has 0 spiro atoms. The first-order valence-corrected chi connectivity index (χ1v) is 6.60. The molecule has 0 aliphatic carbocycles. The third kappa shape index (κ3) is 3.78. The summed E-state index contributed by atoms with van der Waals surface area (Å²) in [4.78, 5) is 0. The zero-order valence-corrected chi connectivity index (χ0v) is 11.4. The molecule has 0 saturated carbocycles. The number of halogens is 1. The minimum Gasteiger partial charge on any atom is -0.399 e. The Morgan fingerprint density at radius 2 is 2.00 bits per heavy atom. The Morgan fingerprint density at radius 1 is 1.41 bits per heavy atom. The molecule has 0 radical (unpaired) electrons. The molecule has 2 atom stereocenters. The largest absolute Gasteiger partial charge is 0.399 e. The molecule has 0 heterocycles. The zero-order valence-electron chi connectivity index (χ0n) is 10.6. The van der Waals surface area contributed by atoms with Crippen molar-refractivity contribution in [2.75, 3.05) is 5.73 Å². The van der Waals surface area contributed by atoms with Crippen LogP contribution in [0.1, 0.15) is 39.3 Å². The maximum absolute atomic E-state index is 13.6. The van der Waals surface area contributed by atoms with E-state index in [0.717, 1.165) is 0 Å². The van der Waals surface area contributed by atoms with E-state index in [1.54, 1.807) is 13.0 Å². The van der Waals surface area contributed by atoms with Gasteiger partial charge in [-0.05, 0) is 45.9 Å². The number of hydrogen-bond donors (Lipinski definition) is 2. The first-order chi connectivity index (χ1) is 7.71.